The number of benzene rings is 1. The second kappa shape index (κ2) is 8.14. The Morgan fingerprint density at radius 3 is 2.58 bits per heavy atom. The molecule has 1 N–H and O–H groups in total. The number of aromatic nitrogens is 2. The minimum absolute atomic E-state index is 0.309. The summed E-state index contributed by atoms with van der Waals surface area (Å²) in [6.45, 7) is 2.50. The van der Waals surface area contributed by atoms with Gasteiger partial charge in [0.05, 0.1) is 25.4 Å². The van der Waals surface area contributed by atoms with Crippen LogP contribution in [0.4, 0.5) is 0 Å². The molecule has 0 aliphatic carbocycles. The number of carbonyl (C=O) groups excluding carboxylic acids is 1. The fourth-order valence-electron chi connectivity index (χ4n) is 2.35. The molecule has 0 spiro atoms. The Morgan fingerprint density at radius 2 is 2.00 bits per heavy atom. The fraction of sp³-hybridized carbons (Fsp3) is 0.353. The molecule has 7 nitrogen and oxygen atoms in total. The normalized spacial score (nSPS) is 10.4. The highest BCUT2D eigenvalue weighted by atomic mass is 16.5. The van der Waals surface area contributed by atoms with Crippen molar-refractivity contribution in [2.45, 2.75) is 19.9 Å². The molecule has 7 heteroatoms. The maximum Gasteiger partial charge on any atom is 0.323 e. The van der Waals surface area contributed by atoms with Crippen LogP contribution in [0.15, 0.2) is 36.7 Å². The van der Waals surface area contributed by atoms with Crippen molar-refractivity contribution in [3.63, 3.8) is 0 Å². The second-order valence-electron chi connectivity index (χ2n) is 5.40. The van der Waals surface area contributed by atoms with E-state index in [-0.39, 0.29) is 12.5 Å². The highest BCUT2D eigenvalue weighted by molar-refractivity contribution is 5.95. The summed E-state index contributed by atoms with van der Waals surface area (Å²) in [6.07, 6.45) is 3.80. The zero-order valence-electron chi connectivity index (χ0n) is 13.8. The van der Waals surface area contributed by atoms with Gasteiger partial charge < -0.3 is 14.7 Å². The van der Waals surface area contributed by atoms with Gasteiger partial charge in [0.15, 0.2) is 0 Å². The third-order valence-electron chi connectivity index (χ3n) is 3.49. The molecule has 0 bridgehead atoms. The Bertz CT molecular complexity index is 694. The zero-order valence-corrected chi connectivity index (χ0v) is 13.8. The van der Waals surface area contributed by atoms with Gasteiger partial charge in [0.1, 0.15) is 12.3 Å². The smallest absolute Gasteiger partial charge is 0.323 e. The van der Waals surface area contributed by atoms with Gasteiger partial charge >= 0.3 is 5.97 Å². The SMILES string of the molecule is CCCN(CC(=O)O)C(=O)c1cnn(Cc2ccc(OC)cc2)c1. The highest BCUT2D eigenvalue weighted by Crippen LogP contribution is 2.13. The van der Waals surface area contributed by atoms with E-state index in [0.29, 0.717) is 25.1 Å². The molecule has 0 atom stereocenters. The first-order valence-electron chi connectivity index (χ1n) is 7.70. The predicted octanol–water partition coefficient (Wildman–Crippen LogP) is 1.88. The van der Waals surface area contributed by atoms with Gasteiger partial charge in [-0.25, -0.2) is 0 Å². The van der Waals surface area contributed by atoms with Crippen LogP contribution >= 0.6 is 0 Å². The van der Waals surface area contributed by atoms with E-state index >= 15 is 0 Å². The first-order valence-corrected chi connectivity index (χ1v) is 7.70. The molecule has 2 aromatic rings. The molecule has 0 unspecified atom stereocenters. The number of nitrogens with zero attached hydrogens (tertiary/aromatic N) is 3. The first kappa shape index (κ1) is 17.5. The van der Waals surface area contributed by atoms with Crippen LogP contribution in [0.25, 0.3) is 0 Å². The zero-order chi connectivity index (χ0) is 17.5. The van der Waals surface area contributed by atoms with Crippen molar-refractivity contribution in [3.8, 4) is 5.75 Å². The van der Waals surface area contributed by atoms with Gasteiger partial charge in [-0.15, -0.1) is 0 Å². The summed E-state index contributed by atoms with van der Waals surface area (Å²) in [5, 5.41) is 13.1. The van der Waals surface area contributed by atoms with Crippen LogP contribution in [0.3, 0.4) is 0 Å². The first-order chi connectivity index (χ1) is 11.5. The van der Waals surface area contributed by atoms with Gasteiger partial charge in [0.25, 0.3) is 5.91 Å². The van der Waals surface area contributed by atoms with E-state index in [1.807, 2.05) is 31.2 Å². The highest BCUT2D eigenvalue weighted by Gasteiger charge is 2.19. The number of ether oxygens (including phenoxy) is 1. The molecule has 0 aliphatic rings. The standard InChI is InChI=1S/C17H21N3O4/c1-3-8-19(12-16(21)22)17(23)14-9-18-20(11-14)10-13-4-6-15(24-2)7-5-13/h4-7,9,11H,3,8,10,12H2,1-2H3,(H,21,22). The van der Waals surface area contributed by atoms with Crippen molar-refractivity contribution in [1.29, 1.82) is 0 Å². The molecule has 0 aliphatic heterocycles. The molecule has 1 heterocycles. The number of carbonyl (C=O) groups is 2. The number of aliphatic carboxylic acids is 1. The summed E-state index contributed by atoms with van der Waals surface area (Å²) in [6, 6.07) is 7.58. The molecule has 24 heavy (non-hydrogen) atoms. The van der Waals surface area contributed by atoms with Crippen molar-refractivity contribution in [2.24, 2.45) is 0 Å². The molecule has 128 valence electrons. The number of hydrogen-bond acceptors (Lipinski definition) is 4. The molecular formula is C17H21N3O4. The van der Waals surface area contributed by atoms with E-state index in [1.165, 1.54) is 11.1 Å². The third-order valence-corrected chi connectivity index (χ3v) is 3.49. The molecule has 0 fully saturated rings. The third kappa shape index (κ3) is 4.58. The van der Waals surface area contributed by atoms with Gasteiger partial charge in [-0.2, -0.15) is 5.10 Å². The summed E-state index contributed by atoms with van der Waals surface area (Å²) in [7, 11) is 1.61. The van der Waals surface area contributed by atoms with Crippen molar-refractivity contribution in [3.05, 3.63) is 47.8 Å². The summed E-state index contributed by atoms with van der Waals surface area (Å²) in [5.41, 5.74) is 1.41. The Hall–Kier alpha value is -2.83. The monoisotopic (exact) mass is 331 g/mol. The second-order valence-corrected chi connectivity index (χ2v) is 5.40. The number of hydrogen-bond donors (Lipinski definition) is 1. The van der Waals surface area contributed by atoms with E-state index in [4.69, 9.17) is 9.84 Å². The number of rotatable bonds is 8. The van der Waals surface area contributed by atoms with Crippen LogP contribution in [0.5, 0.6) is 5.75 Å². The van der Waals surface area contributed by atoms with Crippen LogP contribution in [0.2, 0.25) is 0 Å². The van der Waals surface area contributed by atoms with Crippen LogP contribution in [-0.4, -0.2) is 51.9 Å². The Labute approximate surface area is 140 Å². The summed E-state index contributed by atoms with van der Waals surface area (Å²) in [4.78, 5) is 24.6. The fourth-order valence-corrected chi connectivity index (χ4v) is 2.35. The van der Waals surface area contributed by atoms with E-state index in [9.17, 15) is 9.59 Å². The molecule has 0 saturated heterocycles. The van der Waals surface area contributed by atoms with Crippen LogP contribution < -0.4 is 4.74 Å². The predicted molar refractivity (Wildman–Crippen MR) is 88.2 cm³/mol. The van der Waals surface area contributed by atoms with Crippen molar-refractivity contribution < 1.29 is 19.4 Å². The average molecular weight is 331 g/mol. The van der Waals surface area contributed by atoms with Gasteiger partial charge in [0, 0.05) is 12.7 Å². The Balaban J connectivity index is 2.07. The lowest BCUT2D eigenvalue weighted by Gasteiger charge is -2.18. The van der Waals surface area contributed by atoms with Gasteiger partial charge in [0.2, 0.25) is 0 Å². The van der Waals surface area contributed by atoms with Crippen LogP contribution in [-0.2, 0) is 11.3 Å². The lowest BCUT2D eigenvalue weighted by Crippen LogP contribution is -2.36. The van der Waals surface area contributed by atoms with E-state index in [2.05, 4.69) is 5.10 Å². The van der Waals surface area contributed by atoms with Crippen LogP contribution in [0.1, 0.15) is 29.3 Å². The minimum atomic E-state index is -1.03. The molecular weight excluding hydrogens is 310 g/mol. The number of amides is 1. The molecule has 1 aromatic carbocycles. The topological polar surface area (TPSA) is 84.7 Å². The summed E-state index contributed by atoms with van der Waals surface area (Å²) >= 11 is 0. The number of methoxy groups -OCH3 is 1. The number of carboxylic acid groups (broad SMARTS) is 1. The van der Waals surface area contributed by atoms with E-state index < -0.39 is 5.97 Å². The van der Waals surface area contributed by atoms with Gasteiger partial charge in [-0.3, -0.25) is 14.3 Å². The summed E-state index contributed by atoms with van der Waals surface area (Å²) < 4.78 is 6.77. The minimum Gasteiger partial charge on any atom is -0.497 e. The van der Waals surface area contributed by atoms with E-state index in [1.54, 1.807) is 18.0 Å². The Kier molecular flexibility index (Phi) is 5.95. The largest absolute Gasteiger partial charge is 0.497 e. The quantitative estimate of drug-likeness (QED) is 0.798. The molecule has 1 amide bonds. The molecule has 0 radical (unpaired) electrons. The lowest BCUT2D eigenvalue weighted by molar-refractivity contribution is -0.137. The molecule has 1 aromatic heterocycles. The average Bonchev–Trinajstić information content (AvgIpc) is 3.02. The molecule has 2 rings (SSSR count). The maximum absolute atomic E-state index is 12.4. The maximum atomic E-state index is 12.4. The van der Waals surface area contributed by atoms with Crippen molar-refractivity contribution in [2.75, 3.05) is 20.2 Å². The van der Waals surface area contributed by atoms with E-state index in [0.717, 1.165) is 11.3 Å². The lowest BCUT2D eigenvalue weighted by atomic mass is 10.2. The van der Waals surface area contributed by atoms with Crippen LogP contribution in [0, 0.1) is 0 Å². The van der Waals surface area contributed by atoms with Crippen molar-refractivity contribution in [1.82, 2.24) is 14.7 Å². The van der Waals surface area contributed by atoms with Crippen molar-refractivity contribution >= 4 is 11.9 Å². The summed E-state index contributed by atoms with van der Waals surface area (Å²) in [5.74, 6) is -0.568. The van der Waals surface area contributed by atoms with Gasteiger partial charge in [-0.1, -0.05) is 19.1 Å². The Morgan fingerprint density at radius 1 is 1.29 bits per heavy atom. The number of carboxylic acids is 1. The van der Waals surface area contributed by atoms with Gasteiger partial charge in [-0.05, 0) is 24.1 Å². The molecule has 0 saturated carbocycles.